The van der Waals surface area contributed by atoms with Gasteiger partial charge in [0, 0.05) is 17.3 Å². The van der Waals surface area contributed by atoms with Crippen LogP contribution in [0.2, 0.25) is 0 Å². The summed E-state index contributed by atoms with van der Waals surface area (Å²) in [5.74, 6) is -0.291. The summed E-state index contributed by atoms with van der Waals surface area (Å²) < 4.78 is 1.96. The molecule has 2 aromatic heterocycles. The van der Waals surface area contributed by atoms with E-state index >= 15 is 0 Å². The molecular formula is C21H27N5O2. The monoisotopic (exact) mass is 381 g/mol. The Hall–Kier alpha value is -2.93. The maximum atomic E-state index is 12.6. The summed E-state index contributed by atoms with van der Waals surface area (Å²) in [6, 6.07) is 11.4. The molecule has 3 aromatic rings. The van der Waals surface area contributed by atoms with Crippen LogP contribution in [0.15, 0.2) is 36.4 Å². The molecule has 3 rings (SSSR count). The molecule has 0 radical (unpaired) electrons. The highest BCUT2D eigenvalue weighted by Gasteiger charge is 2.20. The van der Waals surface area contributed by atoms with Crippen LogP contribution in [0.1, 0.15) is 47.3 Å². The minimum absolute atomic E-state index is 0.138. The lowest BCUT2D eigenvalue weighted by atomic mass is 10.1. The van der Waals surface area contributed by atoms with Crippen LogP contribution in [-0.2, 0) is 6.42 Å². The number of nitrogens with zero attached hydrogens (tertiary/aromatic N) is 3. The molecule has 7 nitrogen and oxygen atoms in total. The van der Waals surface area contributed by atoms with E-state index in [1.807, 2.05) is 48.9 Å². The Kier molecular flexibility index (Phi) is 5.94. The van der Waals surface area contributed by atoms with Crippen LogP contribution >= 0.6 is 0 Å². The normalized spacial score (nSPS) is 12.4. The van der Waals surface area contributed by atoms with Gasteiger partial charge in [-0.3, -0.25) is 14.6 Å². The number of carbonyl (C=O) groups is 1. The van der Waals surface area contributed by atoms with Gasteiger partial charge < -0.3 is 10.4 Å². The molecule has 1 aromatic carbocycles. The Morgan fingerprint density at radius 2 is 1.96 bits per heavy atom. The van der Waals surface area contributed by atoms with E-state index < -0.39 is 0 Å². The fraction of sp³-hybridized carbons (Fsp3) is 0.381. The molecular weight excluding hydrogens is 354 g/mol. The van der Waals surface area contributed by atoms with Crippen molar-refractivity contribution in [2.45, 2.75) is 46.2 Å². The maximum absolute atomic E-state index is 12.6. The van der Waals surface area contributed by atoms with E-state index in [2.05, 4.69) is 34.5 Å². The molecule has 7 heteroatoms. The molecule has 2 heterocycles. The average Bonchev–Trinajstić information content (AvgIpc) is 3.26. The highest BCUT2D eigenvalue weighted by Crippen LogP contribution is 2.27. The van der Waals surface area contributed by atoms with Crippen LogP contribution in [0.25, 0.3) is 11.3 Å². The first-order chi connectivity index (χ1) is 13.4. The van der Waals surface area contributed by atoms with Crippen molar-refractivity contribution in [3.8, 4) is 11.3 Å². The van der Waals surface area contributed by atoms with Gasteiger partial charge in [0.05, 0.1) is 24.0 Å². The van der Waals surface area contributed by atoms with Crippen molar-refractivity contribution in [1.82, 2.24) is 25.3 Å². The molecule has 0 saturated carbocycles. The molecule has 28 heavy (non-hydrogen) atoms. The lowest BCUT2D eigenvalue weighted by Crippen LogP contribution is -2.39. The zero-order valence-corrected chi connectivity index (χ0v) is 16.7. The number of amides is 1. The van der Waals surface area contributed by atoms with E-state index in [9.17, 15) is 9.90 Å². The minimum Gasteiger partial charge on any atom is -0.394 e. The highest BCUT2D eigenvalue weighted by atomic mass is 16.3. The van der Waals surface area contributed by atoms with Gasteiger partial charge in [0.1, 0.15) is 5.69 Å². The van der Waals surface area contributed by atoms with Gasteiger partial charge in [-0.25, -0.2) is 0 Å². The molecule has 3 N–H and O–H groups in total. The maximum Gasteiger partial charge on any atom is 0.269 e. The highest BCUT2D eigenvalue weighted by molar-refractivity contribution is 5.93. The predicted molar refractivity (Wildman–Crippen MR) is 108 cm³/mol. The van der Waals surface area contributed by atoms with Crippen molar-refractivity contribution in [2.75, 3.05) is 6.61 Å². The van der Waals surface area contributed by atoms with Gasteiger partial charge in [-0.05, 0) is 45.7 Å². The summed E-state index contributed by atoms with van der Waals surface area (Å²) in [6.45, 7) is 7.96. The van der Waals surface area contributed by atoms with E-state index in [0.717, 1.165) is 22.5 Å². The molecule has 0 saturated heterocycles. The summed E-state index contributed by atoms with van der Waals surface area (Å²) >= 11 is 0. The number of aliphatic hydroxyl groups excluding tert-OH is 1. The van der Waals surface area contributed by atoms with Gasteiger partial charge in [0.15, 0.2) is 0 Å². The minimum atomic E-state index is -0.367. The fourth-order valence-corrected chi connectivity index (χ4v) is 3.43. The first kappa shape index (κ1) is 19.8. The molecule has 0 aliphatic rings. The summed E-state index contributed by atoms with van der Waals surface area (Å²) in [5.41, 5.74) is 4.94. The van der Waals surface area contributed by atoms with E-state index in [0.29, 0.717) is 17.8 Å². The molecule has 148 valence electrons. The number of carbonyl (C=O) groups excluding carboxylic acids is 1. The first-order valence-electron chi connectivity index (χ1n) is 9.47. The number of nitrogens with one attached hydrogen (secondary N) is 2. The topological polar surface area (TPSA) is 95.8 Å². The van der Waals surface area contributed by atoms with Gasteiger partial charge in [0.2, 0.25) is 0 Å². The zero-order chi connectivity index (χ0) is 20.3. The van der Waals surface area contributed by atoms with Gasteiger partial charge in [-0.1, -0.05) is 30.3 Å². The molecule has 1 unspecified atom stereocenters. The Bertz CT molecular complexity index is 943. The Morgan fingerprint density at radius 1 is 1.25 bits per heavy atom. The molecule has 1 atom stereocenters. The molecule has 0 fully saturated rings. The van der Waals surface area contributed by atoms with E-state index in [-0.39, 0.29) is 24.6 Å². The van der Waals surface area contributed by atoms with Crippen LogP contribution in [0, 0.1) is 13.8 Å². The van der Waals surface area contributed by atoms with Crippen molar-refractivity contribution in [2.24, 2.45) is 0 Å². The van der Waals surface area contributed by atoms with E-state index in [1.165, 1.54) is 0 Å². The zero-order valence-electron chi connectivity index (χ0n) is 16.7. The summed E-state index contributed by atoms with van der Waals surface area (Å²) in [5, 5.41) is 24.2. The van der Waals surface area contributed by atoms with Crippen molar-refractivity contribution >= 4 is 5.91 Å². The third-order valence-electron chi connectivity index (χ3n) is 4.77. The average molecular weight is 381 g/mol. The van der Waals surface area contributed by atoms with Crippen LogP contribution < -0.4 is 5.32 Å². The standard InChI is InChI=1S/C21H27N5O2/c1-13(2)26-15(4)20(14(3)25-26)18-11-19(24-23-18)21(28)22-17(12-27)10-16-8-6-5-7-9-16/h5-9,11,13,17,27H,10,12H2,1-4H3,(H,22,28)(H,23,24). The molecule has 0 spiro atoms. The second-order valence-corrected chi connectivity index (χ2v) is 7.29. The van der Waals surface area contributed by atoms with Gasteiger partial charge in [-0.15, -0.1) is 0 Å². The Morgan fingerprint density at radius 3 is 2.57 bits per heavy atom. The smallest absolute Gasteiger partial charge is 0.269 e. The lowest BCUT2D eigenvalue weighted by molar-refractivity contribution is 0.0911. The fourth-order valence-electron chi connectivity index (χ4n) is 3.43. The van der Waals surface area contributed by atoms with Gasteiger partial charge >= 0.3 is 0 Å². The number of H-pyrrole nitrogens is 1. The van der Waals surface area contributed by atoms with Crippen molar-refractivity contribution < 1.29 is 9.90 Å². The van der Waals surface area contributed by atoms with Gasteiger partial charge in [0.25, 0.3) is 5.91 Å². The van der Waals surface area contributed by atoms with E-state index in [4.69, 9.17) is 0 Å². The largest absolute Gasteiger partial charge is 0.394 e. The number of benzene rings is 1. The Labute approximate surface area is 164 Å². The van der Waals surface area contributed by atoms with Crippen LogP contribution in [-0.4, -0.2) is 43.6 Å². The van der Waals surface area contributed by atoms with E-state index in [1.54, 1.807) is 6.07 Å². The Balaban J connectivity index is 1.75. The molecule has 0 aliphatic carbocycles. The van der Waals surface area contributed by atoms with Crippen LogP contribution in [0.3, 0.4) is 0 Å². The van der Waals surface area contributed by atoms with Crippen molar-refractivity contribution in [1.29, 1.82) is 0 Å². The number of hydrogen-bond acceptors (Lipinski definition) is 4. The van der Waals surface area contributed by atoms with Crippen LogP contribution in [0.4, 0.5) is 0 Å². The third kappa shape index (κ3) is 4.14. The number of hydrogen-bond donors (Lipinski definition) is 3. The molecule has 0 aliphatic heterocycles. The predicted octanol–water partition coefficient (Wildman–Crippen LogP) is 2.80. The van der Waals surface area contributed by atoms with Gasteiger partial charge in [-0.2, -0.15) is 10.2 Å². The second-order valence-electron chi connectivity index (χ2n) is 7.29. The van der Waals surface area contributed by atoms with Crippen LogP contribution in [0.5, 0.6) is 0 Å². The quantitative estimate of drug-likeness (QED) is 0.586. The number of rotatable bonds is 7. The number of aromatic amines is 1. The van der Waals surface area contributed by atoms with Crippen molar-refractivity contribution in [3.05, 3.63) is 59.0 Å². The number of aromatic nitrogens is 4. The second kappa shape index (κ2) is 8.39. The third-order valence-corrected chi connectivity index (χ3v) is 4.77. The summed E-state index contributed by atoms with van der Waals surface area (Å²) in [4.78, 5) is 12.6. The first-order valence-corrected chi connectivity index (χ1v) is 9.47. The molecule has 0 bridgehead atoms. The van der Waals surface area contributed by atoms with Crippen molar-refractivity contribution in [3.63, 3.8) is 0 Å². The lowest BCUT2D eigenvalue weighted by Gasteiger charge is -2.15. The number of aryl methyl sites for hydroxylation is 1. The molecule has 1 amide bonds. The summed E-state index contributed by atoms with van der Waals surface area (Å²) in [6.07, 6.45) is 0.559. The number of aliphatic hydroxyl groups is 1. The SMILES string of the molecule is Cc1nn(C(C)C)c(C)c1-c1cc(C(=O)NC(CO)Cc2ccccc2)[nH]n1. The summed E-state index contributed by atoms with van der Waals surface area (Å²) in [7, 11) is 0.